The largest absolute Gasteiger partial charge is 0.437 e. The van der Waals surface area contributed by atoms with Crippen LogP contribution in [-0.2, 0) is 0 Å². The molecule has 2 rings (SSSR count). The van der Waals surface area contributed by atoms with Crippen LogP contribution in [0.25, 0.3) is 0 Å². The zero-order valence-electron chi connectivity index (χ0n) is 9.36. The van der Waals surface area contributed by atoms with E-state index < -0.39 is 0 Å². The fourth-order valence-electron chi connectivity index (χ4n) is 1.31. The predicted molar refractivity (Wildman–Crippen MR) is 84.4 cm³/mol. The van der Waals surface area contributed by atoms with Crippen molar-refractivity contribution in [2.24, 2.45) is 5.73 Å². The standard InChI is InChI=1S/C12H7BrCl2N2OS/c13-7-4-9(15)10(5-8(7)14)18-11-3-6(12(16)19)1-2-17-11/h1-5H,(H2,16,19). The molecular weight excluding hydrogens is 371 g/mol. The minimum Gasteiger partial charge on any atom is -0.437 e. The Bertz CT molecular complexity index is 652. The Hall–Kier alpha value is -0.880. The van der Waals surface area contributed by atoms with E-state index in [0.717, 1.165) is 0 Å². The van der Waals surface area contributed by atoms with E-state index in [-0.39, 0.29) is 4.99 Å². The normalized spacial score (nSPS) is 10.3. The molecule has 0 aliphatic carbocycles. The summed E-state index contributed by atoms with van der Waals surface area (Å²) in [5.41, 5.74) is 6.21. The number of aromatic nitrogens is 1. The molecule has 0 fully saturated rings. The minimum atomic E-state index is 0.271. The van der Waals surface area contributed by atoms with Gasteiger partial charge in [-0.15, -0.1) is 0 Å². The van der Waals surface area contributed by atoms with Gasteiger partial charge in [-0.3, -0.25) is 0 Å². The van der Waals surface area contributed by atoms with Crippen molar-refractivity contribution in [2.45, 2.75) is 0 Å². The number of nitrogens with two attached hydrogens (primary N) is 1. The van der Waals surface area contributed by atoms with Crippen LogP contribution < -0.4 is 10.5 Å². The number of pyridine rings is 1. The lowest BCUT2D eigenvalue weighted by molar-refractivity contribution is 0.463. The molecule has 1 heterocycles. The molecule has 0 bridgehead atoms. The van der Waals surface area contributed by atoms with Crippen LogP contribution in [0.5, 0.6) is 11.6 Å². The summed E-state index contributed by atoms with van der Waals surface area (Å²) in [6, 6.07) is 6.58. The molecule has 0 atom stereocenters. The van der Waals surface area contributed by atoms with E-state index in [1.54, 1.807) is 30.5 Å². The van der Waals surface area contributed by atoms with Crippen LogP contribution in [0, 0.1) is 0 Å². The minimum absolute atomic E-state index is 0.271. The summed E-state index contributed by atoms with van der Waals surface area (Å²) in [6.07, 6.45) is 1.55. The number of rotatable bonds is 3. The molecular formula is C12H7BrCl2N2OS. The monoisotopic (exact) mass is 376 g/mol. The van der Waals surface area contributed by atoms with Gasteiger partial charge in [0.2, 0.25) is 5.88 Å². The number of ether oxygens (including phenoxy) is 1. The highest BCUT2D eigenvalue weighted by molar-refractivity contribution is 9.10. The van der Waals surface area contributed by atoms with Crippen molar-refractivity contribution < 1.29 is 4.74 Å². The summed E-state index contributed by atoms with van der Waals surface area (Å²) in [5.74, 6) is 0.744. The lowest BCUT2D eigenvalue weighted by Crippen LogP contribution is -2.09. The molecule has 1 aromatic heterocycles. The lowest BCUT2D eigenvalue weighted by atomic mass is 10.3. The molecule has 0 saturated heterocycles. The van der Waals surface area contributed by atoms with Gasteiger partial charge in [-0.2, -0.15) is 0 Å². The molecule has 0 spiro atoms. The third-order valence-corrected chi connectivity index (χ3v) is 3.94. The fraction of sp³-hybridized carbons (Fsp3) is 0. The Balaban J connectivity index is 2.33. The van der Waals surface area contributed by atoms with Gasteiger partial charge in [0.15, 0.2) is 0 Å². The van der Waals surface area contributed by atoms with E-state index in [1.807, 2.05) is 0 Å². The highest BCUT2D eigenvalue weighted by Gasteiger charge is 2.09. The van der Waals surface area contributed by atoms with Crippen molar-refractivity contribution in [1.29, 1.82) is 0 Å². The molecule has 0 saturated carbocycles. The Morgan fingerprint density at radius 2 is 2.00 bits per heavy atom. The van der Waals surface area contributed by atoms with Gasteiger partial charge in [0.25, 0.3) is 0 Å². The maximum atomic E-state index is 6.06. The van der Waals surface area contributed by atoms with Crippen LogP contribution in [0.1, 0.15) is 5.56 Å². The second kappa shape index (κ2) is 6.05. The summed E-state index contributed by atoms with van der Waals surface area (Å²) < 4.78 is 6.26. The Morgan fingerprint density at radius 3 is 2.68 bits per heavy atom. The van der Waals surface area contributed by atoms with E-state index >= 15 is 0 Å². The molecule has 1 aromatic carbocycles. The quantitative estimate of drug-likeness (QED) is 0.628. The Kier molecular flexibility index (Phi) is 4.62. The van der Waals surface area contributed by atoms with E-state index in [0.29, 0.717) is 31.7 Å². The van der Waals surface area contributed by atoms with E-state index in [2.05, 4.69) is 20.9 Å². The summed E-state index contributed by atoms with van der Waals surface area (Å²) in [7, 11) is 0. The van der Waals surface area contributed by atoms with Crippen molar-refractivity contribution >= 4 is 56.3 Å². The van der Waals surface area contributed by atoms with Gasteiger partial charge < -0.3 is 10.5 Å². The highest BCUT2D eigenvalue weighted by atomic mass is 79.9. The van der Waals surface area contributed by atoms with Crippen molar-refractivity contribution in [3.8, 4) is 11.6 Å². The molecule has 3 nitrogen and oxygen atoms in total. The SMILES string of the molecule is NC(=S)c1ccnc(Oc2cc(Cl)c(Br)cc2Cl)c1. The van der Waals surface area contributed by atoms with Crippen molar-refractivity contribution in [3.05, 3.63) is 50.5 Å². The van der Waals surface area contributed by atoms with E-state index in [9.17, 15) is 0 Å². The van der Waals surface area contributed by atoms with Gasteiger partial charge in [0.05, 0.1) is 10.0 Å². The van der Waals surface area contributed by atoms with Gasteiger partial charge in [0.1, 0.15) is 10.7 Å². The van der Waals surface area contributed by atoms with Gasteiger partial charge in [-0.05, 0) is 28.1 Å². The average Bonchev–Trinajstić information content (AvgIpc) is 2.36. The van der Waals surface area contributed by atoms with Crippen molar-refractivity contribution in [3.63, 3.8) is 0 Å². The van der Waals surface area contributed by atoms with Crippen LogP contribution in [0.4, 0.5) is 0 Å². The molecule has 19 heavy (non-hydrogen) atoms. The fourth-order valence-corrected chi connectivity index (χ4v) is 2.27. The number of hydrogen-bond acceptors (Lipinski definition) is 3. The van der Waals surface area contributed by atoms with Crippen molar-refractivity contribution in [1.82, 2.24) is 4.98 Å². The highest BCUT2D eigenvalue weighted by Crippen LogP contribution is 2.36. The first-order valence-electron chi connectivity index (χ1n) is 5.05. The summed E-state index contributed by atoms with van der Waals surface area (Å²) in [6.45, 7) is 0. The number of benzene rings is 1. The second-order valence-electron chi connectivity index (χ2n) is 3.55. The zero-order chi connectivity index (χ0) is 14.0. The maximum Gasteiger partial charge on any atom is 0.219 e. The number of thiocarbonyl (C=S) groups is 1. The summed E-state index contributed by atoms with van der Waals surface area (Å²) >= 11 is 20.2. The molecule has 2 N–H and O–H groups in total. The molecule has 0 aliphatic heterocycles. The van der Waals surface area contributed by atoms with Gasteiger partial charge in [-0.1, -0.05) is 35.4 Å². The van der Waals surface area contributed by atoms with Crippen LogP contribution in [0.3, 0.4) is 0 Å². The Morgan fingerprint density at radius 1 is 1.26 bits per heavy atom. The lowest BCUT2D eigenvalue weighted by Gasteiger charge is -2.09. The third kappa shape index (κ3) is 3.57. The van der Waals surface area contributed by atoms with Crippen LogP contribution in [0.15, 0.2) is 34.9 Å². The first-order valence-corrected chi connectivity index (χ1v) is 7.01. The summed E-state index contributed by atoms with van der Waals surface area (Å²) in [5, 5.41) is 0.906. The van der Waals surface area contributed by atoms with Crippen LogP contribution >= 0.6 is 51.3 Å². The molecule has 0 unspecified atom stereocenters. The topological polar surface area (TPSA) is 48.1 Å². The van der Waals surface area contributed by atoms with E-state index in [1.165, 1.54) is 0 Å². The average molecular weight is 378 g/mol. The number of nitrogens with zero attached hydrogens (tertiary/aromatic N) is 1. The van der Waals surface area contributed by atoms with Crippen molar-refractivity contribution in [2.75, 3.05) is 0 Å². The van der Waals surface area contributed by atoms with Gasteiger partial charge >= 0.3 is 0 Å². The second-order valence-corrected chi connectivity index (χ2v) is 5.65. The van der Waals surface area contributed by atoms with E-state index in [4.69, 9.17) is 45.9 Å². The molecule has 2 aromatic rings. The molecule has 0 amide bonds. The maximum absolute atomic E-state index is 6.06. The summed E-state index contributed by atoms with van der Waals surface area (Å²) in [4.78, 5) is 4.33. The van der Waals surface area contributed by atoms with Crippen LogP contribution in [0.2, 0.25) is 10.0 Å². The smallest absolute Gasteiger partial charge is 0.219 e. The Labute approximate surface area is 133 Å². The van der Waals surface area contributed by atoms with Gasteiger partial charge in [-0.25, -0.2) is 4.98 Å². The third-order valence-electron chi connectivity index (χ3n) is 2.21. The van der Waals surface area contributed by atoms with Gasteiger partial charge in [0, 0.05) is 28.4 Å². The zero-order valence-corrected chi connectivity index (χ0v) is 13.3. The first kappa shape index (κ1) is 14.5. The molecule has 98 valence electrons. The van der Waals surface area contributed by atoms with Crippen LogP contribution in [-0.4, -0.2) is 9.97 Å². The first-order chi connectivity index (χ1) is 8.97. The predicted octanol–water partition coefficient (Wildman–Crippen LogP) is 4.58. The molecule has 7 heteroatoms. The number of halogens is 3. The molecule has 0 radical (unpaired) electrons. The number of hydrogen-bond donors (Lipinski definition) is 1. The molecule has 0 aliphatic rings.